The molecule has 32 heavy (non-hydrogen) atoms. The van der Waals surface area contributed by atoms with E-state index in [-0.39, 0.29) is 23.7 Å². The van der Waals surface area contributed by atoms with Crippen LogP contribution in [0.5, 0.6) is 0 Å². The van der Waals surface area contributed by atoms with Gasteiger partial charge in [-0.05, 0) is 54.4 Å². The van der Waals surface area contributed by atoms with Gasteiger partial charge in [0.15, 0.2) is 0 Å². The molecule has 0 saturated carbocycles. The number of hydrogen-bond acceptors (Lipinski definition) is 3. The average molecular weight is 487 g/mol. The second kappa shape index (κ2) is 10.2. The summed E-state index contributed by atoms with van der Waals surface area (Å²) < 4.78 is 12.5. The second-order valence-electron chi connectivity index (χ2n) is 8.03. The SMILES string of the molecule is Cc1ccc(S(=O)CC(=O)NC2CN(C(c3ccc(Cl)cc3)c3ccc(Cl)cc3)C2)cc1. The normalized spacial score (nSPS) is 15.4. The molecule has 4 rings (SSSR count). The zero-order valence-electron chi connectivity index (χ0n) is 17.6. The molecule has 1 aliphatic heterocycles. The summed E-state index contributed by atoms with van der Waals surface area (Å²) in [6, 6.07) is 23.2. The number of hydrogen-bond donors (Lipinski definition) is 1. The third kappa shape index (κ3) is 5.59. The van der Waals surface area contributed by atoms with Gasteiger partial charge in [0.2, 0.25) is 5.91 Å². The molecule has 1 saturated heterocycles. The lowest BCUT2D eigenvalue weighted by atomic mass is 9.93. The molecule has 1 fully saturated rings. The Balaban J connectivity index is 1.38. The summed E-state index contributed by atoms with van der Waals surface area (Å²) in [5, 5.41) is 4.41. The molecule has 3 aromatic rings. The summed E-state index contributed by atoms with van der Waals surface area (Å²) in [7, 11) is -1.35. The minimum Gasteiger partial charge on any atom is -0.350 e. The van der Waals surface area contributed by atoms with Gasteiger partial charge in [-0.3, -0.25) is 13.9 Å². The van der Waals surface area contributed by atoms with Crippen LogP contribution in [0.2, 0.25) is 10.0 Å². The predicted octanol–water partition coefficient (Wildman–Crippen LogP) is 5.00. The van der Waals surface area contributed by atoms with E-state index in [0.29, 0.717) is 28.0 Å². The first kappa shape index (κ1) is 23.0. The third-order valence-electron chi connectivity index (χ3n) is 5.56. The molecule has 7 heteroatoms. The number of amides is 1. The van der Waals surface area contributed by atoms with Crippen LogP contribution in [0.4, 0.5) is 0 Å². The van der Waals surface area contributed by atoms with Crippen LogP contribution < -0.4 is 5.32 Å². The average Bonchev–Trinajstić information content (AvgIpc) is 2.75. The molecular formula is C25H24Cl2N2O2S. The number of aryl methyl sites for hydroxylation is 1. The highest BCUT2D eigenvalue weighted by molar-refractivity contribution is 7.85. The molecule has 4 nitrogen and oxygen atoms in total. The van der Waals surface area contributed by atoms with E-state index in [1.165, 1.54) is 0 Å². The first-order valence-electron chi connectivity index (χ1n) is 10.4. The molecule has 1 aliphatic rings. The van der Waals surface area contributed by atoms with E-state index in [1.807, 2.05) is 79.7 Å². The van der Waals surface area contributed by atoms with Gasteiger partial charge >= 0.3 is 0 Å². The number of nitrogens with one attached hydrogen (secondary N) is 1. The van der Waals surface area contributed by atoms with Gasteiger partial charge < -0.3 is 5.32 Å². The van der Waals surface area contributed by atoms with Crippen molar-refractivity contribution >= 4 is 39.9 Å². The Bertz CT molecular complexity index is 1050. The van der Waals surface area contributed by atoms with E-state index in [1.54, 1.807) is 0 Å². The molecule has 0 radical (unpaired) electrons. The first-order chi connectivity index (χ1) is 15.4. The van der Waals surface area contributed by atoms with Crippen molar-refractivity contribution in [1.29, 1.82) is 0 Å². The van der Waals surface area contributed by atoms with Crippen LogP contribution in [0.15, 0.2) is 77.7 Å². The number of carbonyl (C=O) groups is 1. The topological polar surface area (TPSA) is 49.4 Å². The molecular weight excluding hydrogens is 463 g/mol. The quantitative estimate of drug-likeness (QED) is 0.511. The molecule has 1 amide bonds. The van der Waals surface area contributed by atoms with E-state index in [2.05, 4.69) is 10.2 Å². The van der Waals surface area contributed by atoms with Gasteiger partial charge in [-0.2, -0.15) is 0 Å². The first-order valence-corrected chi connectivity index (χ1v) is 12.5. The second-order valence-corrected chi connectivity index (χ2v) is 10.4. The summed E-state index contributed by atoms with van der Waals surface area (Å²) in [6.07, 6.45) is 0. The minimum absolute atomic E-state index is 0.0274. The van der Waals surface area contributed by atoms with Crippen LogP contribution in [0.3, 0.4) is 0 Å². The van der Waals surface area contributed by atoms with Crippen LogP contribution in [-0.2, 0) is 15.6 Å². The molecule has 0 bridgehead atoms. The predicted molar refractivity (Wildman–Crippen MR) is 131 cm³/mol. The van der Waals surface area contributed by atoms with Gasteiger partial charge in [-0.25, -0.2) is 0 Å². The molecule has 0 aliphatic carbocycles. The lowest BCUT2D eigenvalue weighted by molar-refractivity contribution is -0.120. The molecule has 1 atom stereocenters. The Labute approximate surface area is 201 Å². The lowest BCUT2D eigenvalue weighted by Crippen LogP contribution is -2.60. The van der Waals surface area contributed by atoms with Crippen LogP contribution in [-0.4, -0.2) is 39.9 Å². The van der Waals surface area contributed by atoms with Crippen LogP contribution in [0, 0.1) is 6.92 Å². The number of rotatable bonds is 7. The van der Waals surface area contributed by atoms with Crippen LogP contribution in [0.25, 0.3) is 0 Å². The summed E-state index contributed by atoms with van der Waals surface area (Å²) >= 11 is 12.2. The number of nitrogens with zero attached hydrogens (tertiary/aromatic N) is 1. The summed E-state index contributed by atoms with van der Waals surface area (Å²) in [4.78, 5) is 15.4. The van der Waals surface area contributed by atoms with Crippen molar-refractivity contribution in [3.8, 4) is 0 Å². The van der Waals surface area contributed by atoms with Crippen molar-refractivity contribution in [3.05, 3.63) is 99.5 Å². The summed E-state index contributed by atoms with van der Waals surface area (Å²) in [5.74, 6) is -0.222. The Kier molecular flexibility index (Phi) is 7.31. The van der Waals surface area contributed by atoms with Gasteiger partial charge in [-0.15, -0.1) is 0 Å². The van der Waals surface area contributed by atoms with Crippen molar-refractivity contribution < 1.29 is 9.00 Å². The van der Waals surface area contributed by atoms with E-state index < -0.39 is 10.8 Å². The molecule has 3 aromatic carbocycles. The Morgan fingerprint density at radius 2 is 1.44 bits per heavy atom. The Morgan fingerprint density at radius 3 is 1.94 bits per heavy atom. The number of benzene rings is 3. The minimum atomic E-state index is -1.35. The zero-order valence-corrected chi connectivity index (χ0v) is 20.0. The van der Waals surface area contributed by atoms with Crippen LogP contribution >= 0.6 is 23.2 Å². The summed E-state index contributed by atoms with van der Waals surface area (Å²) in [5.41, 5.74) is 3.35. The standard InChI is InChI=1S/C25H24Cl2N2O2S/c1-17-2-12-23(13-3-17)32(31)16-24(30)28-22-14-29(15-22)25(18-4-8-20(26)9-5-18)19-6-10-21(27)11-7-19/h2-13,22,25H,14-16H2,1H3,(H,28,30). The van der Waals surface area contributed by atoms with Crippen LogP contribution in [0.1, 0.15) is 22.7 Å². The molecule has 1 heterocycles. The van der Waals surface area contributed by atoms with E-state index in [0.717, 1.165) is 16.7 Å². The molecule has 0 spiro atoms. The Morgan fingerprint density at radius 1 is 0.938 bits per heavy atom. The molecule has 166 valence electrons. The number of carbonyl (C=O) groups excluding carboxylic acids is 1. The van der Waals surface area contributed by atoms with Crippen molar-refractivity contribution in [2.75, 3.05) is 18.8 Å². The molecule has 1 unspecified atom stereocenters. The largest absolute Gasteiger partial charge is 0.350 e. The van der Waals surface area contributed by atoms with Gasteiger partial charge in [0.25, 0.3) is 0 Å². The smallest absolute Gasteiger partial charge is 0.233 e. The highest BCUT2D eigenvalue weighted by atomic mass is 35.5. The number of halogens is 2. The Hall–Kier alpha value is -2.18. The fourth-order valence-corrected chi connectivity index (χ4v) is 5.06. The fraction of sp³-hybridized carbons (Fsp3) is 0.240. The number of likely N-dealkylation sites (tertiary alicyclic amines) is 1. The maximum absolute atomic E-state index is 12.5. The van der Waals surface area contributed by atoms with Crippen molar-refractivity contribution in [2.24, 2.45) is 0 Å². The fourth-order valence-electron chi connectivity index (χ4n) is 3.88. The third-order valence-corrected chi connectivity index (χ3v) is 7.38. The zero-order chi connectivity index (χ0) is 22.7. The monoisotopic (exact) mass is 486 g/mol. The molecule has 1 N–H and O–H groups in total. The summed E-state index contributed by atoms with van der Waals surface area (Å²) in [6.45, 7) is 3.39. The van der Waals surface area contributed by atoms with Crippen molar-refractivity contribution in [1.82, 2.24) is 10.2 Å². The van der Waals surface area contributed by atoms with Gasteiger partial charge in [0.1, 0.15) is 5.75 Å². The van der Waals surface area contributed by atoms with E-state index in [4.69, 9.17) is 23.2 Å². The van der Waals surface area contributed by atoms with Gasteiger partial charge in [-0.1, -0.05) is 65.2 Å². The van der Waals surface area contributed by atoms with Crippen molar-refractivity contribution in [2.45, 2.75) is 23.9 Å². The maximum Gasteiger partial charge on any atom is 0.233 e. The highest BCUT2D eigenvalue weighted by Gasteiger charge is 2.35. The molecule has 0 aromatic heterocycles. The van der Waals surface area contributed by atoms with E-state index in [9.17, 15) is 9.00 Å². The van der Waals surface area contributed by atoms with Gasteiger partial charge in [0, 0.05) is 28.0 Å². The van der Waals surface area contributed by atoms with Crippen molar-refractivity contribution in [3.63, 3.8) is 0 Å². The lowest BCUT2D eigenvalue weighted by Gasteiger charge is -2.45. The van der Waals surface area contributed by atoms with Gasteiger partial charge in [0.05, 0.1) is 22.9 Å². The maximum atomic E-state index is 12.5. The highest BCUT2D eigenvalue weighted by Crippen LogP contribution is 2.33. The van der Waals surface area contributed by atoms with E-state index >= 15 is 0 Å².